The number of hydrogen-bond acceptors (Lipinski definition) is 4. The van der Waals surface area contributed by atoms with Gasteiger partial charge in [-0.25, -0.2) is 4.98 Å². The van der Waals surface area contributed by atoms with Crippen molar-refractivity contribution in [2.24, 2.45) is 5.92 Å². The molecule has 6 nitrogen and oxygen atoms in total. The minimum atomic E-state index is 0.0225. The van der Waals surface area contributed by atoms with Crippen LogP contribution in [0, 0.1) is 5.92 Å². The van der Waals surface area contributed by atoms with Gasteiger partial charge in [0.05, 0.1) is 11.9 Å². The third kappa shape index (κ3) is 3.47. The molecule has 0 atom stereocenters. The molecule has 0 unspecified atom stereocenters. The van der Waals surface area contributed by atoms with Gasteiger partial charge in [-0.2, -0.15) is 0 Å². The molecule has 128 valence electrons. The lowest BCUT2D eigenvalue weighted by atomic mass is 9.85. The summed E-state index contributed by atoms with van der Waals surface area (Å²) < 4.78 is 5.74. The van der Waals surface area contributed by atoms with Crippen LogP contribution < -0.4 is 15.4 Å². The first kappa shape index (κ1) is 15.6. The van der Waals surface area contributed by atoms with Crippen LogP contribution in [0.15, 0.2) is 36.5 Å². The van der Waals surface area contributed by atoms with Gasteiger partial charge in [0.15, 0.2) is 0 Å². The molecule has 0 spiro atoms. The van der Waals surface area contributed by atoms with Crippen LogP contribution in [0.4, 0.5) is 11.4 Å². The summed E-state index contributed by atoms with van der Waals surface area (Å²) >= 11 is 0. The smallest absolute Gasteiger partial charge is 0.227 e. The van der Waals surface area contributed by atoms with Crippen molar-refractivity contribution in [1.82, 2.24) is 4.98 Å². The van der Waals surface area contributed by atoms with E-state index in [9.17, 15) is 9.59 Å². The highest BCUT2D eigenvalue weighted by Gasteiger charge is 2.25. The Hall–Kier alpha value is -2.89. The van der Waals surface area contributed by atoms with Gasteiger partial charge in [-0.15, -0.1) is 0 Å². The van der Waals surface area contributed by atoms with E-state index < -0.39 is 0 Å². The SMILES string of the molecule is O=C1CCc2ccc(Oc3ccc(NC(=O)C4CCC4)cn3)cc2N1. The molecule has 25 heavy (non-hydrogen) atoms. The molecule has 0 radical (unpaired) electrons. The highest BCUT2D eigenvalue weighted by atomic mass is 16.5. The van der Waals surface area contributed by atoms with Gasteiger partial charge < -0.3 is 15.4 Å². The van der Waals surface area contributed by atoms with Crippen molar-refractivity contribution >= 4 is 23.2 Å². The predicted molar refractivity (Wildman–Crippen MR) is 93.7 cm³/mol. The second-order valence-corrected chi connectivity index (χ2v) is 6.47. The Morgan fingerprint density at radius 2 is 2.08 bits per heavy atom. The first-order valence-electron chi connectivity index (χ1n) is 8.55. The number of fused-ring (bicyclic) bond motifs is 1. The molecular formula is C19H19N3O3. The molecule has 2 aromatic rings. The Kier molecular flexibility index (Phi) is 4.09. The summed E-state index contributed by atoms with van der Waals surface area (Å²) in [6.45, 7) is 0. The molecule has 1 aliphatic heterocycles. The van der Waals surface area contributed by atoms with Crippen molar-refractivity contribution in [3.63, 3.8) is 0 Å². The molecule has 1 aromatic carbocycles. The maximum Gasteiger partial charge on any atom is 0.227 e. The highest BCUT2D eigenvalue weighted by molar-refractivity contribution is 5.94. The van der Waals surface area contributed by atoms with E-state index >= 15 is 0 Å². The Bertz CT molecular complexity index is 813. The van der Waals surface area contributed by atoms with E-state index in [1.165, 1.54) is 0 Å². The first-order valence-corrected chi connectivity index (χ1v) is 8.55. The monoisotopic (exact) mass is 337 g/mol. The number of amides is 2. The number of hydrogen-bond donors (Lipinski definition) is 2. The standard InChI is InChI=1S/C19H19N3O3/c23-17-8-5-12-4-7-15(10-16(12)22-17)25-18-9-6-14(11-20-18)21-19(24)13-2-1-3-13/h4,6-7,9-11,13H,1-3,5,8H2,(H,21,24)(H,22,23). The zero-order valence-electron chi connectivity index (χ0n) is 13.7. The summed E-state index contributed by atoms with van der Waals surface area (Å²) in [5.41, 5.74) is 2.56. The van der Waals surface area contributed by atoms with Gasteiger partial charge in [0, 0.05) is 30.2 Å². The Labute approximate surface area is 145 Å². The number of carbonyl (C=O) groups is 2. The van der Waals surface area contributed by atoms with E-state index in [4.69, 9.17) is 4.74 Å². The van der Waals surface area contributed by atoms with Crippen LogP contribution in [-0.2, 0) is 16.0 Å². The average molecular weight is 337 g/mol. The number of carbonyl (C=O) groups excluding carboxylic acids is 2. The third-order valence-electron chi connectivity index (χ3n) is 4.68. The van der Waals surface area contributed by atoms with E-state index in [0.717, 1.165) is 36.9 Å². The minimum absolute atomic E-state index is 0.0225. The van der Waals surface area contributed by atoms with Gasteiger partial charge in [-0.05, 0) is 37.0 Å². The molecular weight excluding hydrogens is 318 g/mol. The van der Waals surface area contributed by atoms with Gasteiger partial charge in [0.2, 0.25) is 17.7 Å². The van der Waals surface area contributed by atoms with E-state index in [2.05, 4.69) is 15.6 Å². The molecule has 2 amide bonds. The fourth-order valence-corrected chi connectivity index (χ4v) is 2.96. The lowest BCUT2D eigenvalue weighted by Crippen LogP contribution is -2.28. The molecule has 1 fully saturated rings. The molecule has 0 bridgehead atoms. The fourth-order valence-electron chi connectivity index (χ4n) is 2.96. The summed E-state index contributed by atoms with van der Waals surface area (Å²) in [6.07, 6.45) is 5.92. The van der Waals surface area contributed by atoms with E-state index in [-0.39, 0.29) is 17.7 Å². The number of ether oxygens (including phenoxy) is 1. The van der Waals surface area contributed by atoms with Crippen molar-refractivity contribution in [2.45, 2.75) is 32.1 Å². The number of anilines is 2. The summed E-state index contributed by atoms with van der Waals surface area (Å²) in [6, 6.07) is 9.12. The maximum absolute atomic E-state index is 11.9. The van der Waals surface area contributed by atoms with Crippen LogP contribution in [0.5, 0.6) is 11.6 Å². The number of aromatic nitrogens is 1. The van der Waals surface area contributed by atoms with Gasteiger partial charge in [0.25, 0.3) is 0 Å². The Balaban J connectivity index is 1.41. The lowest BCUT2D eigenvalue weighted by molar-refractivity contribution is -0.122. The van der Waals surface area contributed by atoms with E-state index in [1.54, 1.807) is 24.4 Å². The fraction of sp³-hybridized carbons (Fsp3) is 0.316. The number of aryl methyl sites for hydroxylation is 1. The van der Waals surface area contributed by atoms with E-state index in [1.807, 2.05) is 12.1 Å². The van der Waals surface area contributed by atoms with Gasteiger partial charge >= 0.3 is 0 Å². The van der Waals surface area contributed by atoms with Crippen molar-refractivity contribution in [1.29, 1.82) is 0 Å². The van der Waals surface area contributed by atoms with Crippen molar-refractivity contribution in [3.05, 3.63) is 42.1 Å². The van der Waals surface area contributed by atoms with Crippen molar-refractivity contribution < 1.29 is 14.3 Å². The van der Waals surface area contributed by atoms with Crippen LogP contribution in [-0.4, -0.2) is 16.8 Å². The highest BCUT2D eigenvalue weighted by Crippen LogP contribution is 2.30. The van der Waals surface area contributed by atoms with Crippen LogP contribution in [0.25, 0.3) is 0 Å². The summed E-state index contributed by atoms with van der Waals surface area (Å²) in [5.74, 6) is 1.27. The zero-order valence-corrected chi connectivity index (χ0v) is 13.7. The van der Waals surface area contributed by atoms with Crippen LogP contribution in [0.3, 0.4) is 0 Å². The van der Waals surface area contributed by atoms with Gasteiger partial charge in [-0.3, -0.25) is 9.59 Å². The molecule has 4 rings (SSSR count). The number of rotatable bonds is 4. The summed E-state index contributed by atoms with van der Waals surface area (Å²) in [4.78, 5) is 27.7. The molecule has 1 aliphatic carbocycles. The molecule has 6 heteroatoms. The van der Waals surface area contributed by atoms with Gasteiger partial charge in [-0.1, -0.05) is 12.5 Å². The first-order chi connectivity index (χ1) is 12.2. The molecule has 1 aromatic heterocycles. The van der Waals surface area contributed by atoms with Crippen LogP contribution in [0.1, 0.15) is 31.2 Å². The number of benzene rings is 1. The van der Waals surface area contributed by atoms with E-state index in [0.29, 0.717) is 23.7 Å². The third-order valence-corrected chi connectivity index (χ3v) is 4.68. The molecule has 2 aliphatic rings. The van der Waals surface area contributed by atoms with Crippen molar-refractivity contribution in [3.8, 4) is 11.6 Å². The summed E-state index contributed by atoms with van der Waals surface area (Å²) in [7, 11) is 0. The summed E-state index contributed by atoms with van der Waals surface area (Å²) in [5, 5.41) is 5.73. The largest absolute Gasteiger partial charge is 0.439 e. The maximum atomic E-state index is 11.9. The number of pyridine rings is 1. The quantitative estimate of drug-likeness (QED) is 0.895. The second-order valence-electron chi connectivity index (χ2n) is 6.47. The molecule has 1 saturated carbocycles. The number of nitrogens with one attached hydrogen (secondary N) is 2. The van der Waals surface area contributed by atoms with Crippen LogP contribution in [0.2, 0.25) is 0 Å². The minimum Gasteiger partial charge on any atom is -0.439 e. The second kappa shape index (κ2) is 6.55. The van der Waals surface area contributed by atoms with Crippen LogP contribution >= 0.6 is 0 Å². The van der Waals surface area contributed by atoms with Crippen molar-refractivity contribution in [2.75, 3.05) is 10.6 Å². The zero-order chi connectivity index (χ0) is 17.2. The Morgan fingerprint density at radius 3 is 2.80 bits per heavy atom. The molecule has 0 saturated heterocycles. The molecule has 2 heterocycles. The number of nitrogens with zero attached hydrogens (tertiary/aromatic N) is 1. The predicted octanol–water partition coefficient (Wildman–Crippen LogP) is 3.50. The van der Waals surface area contributed by atoms with Gasteiger partial charge in [0.1, 0.15) is 5.75 Å². The topological polar surface area (TPSA) is 80.3 Å². The normalized spacial score (nSPS) is 16.4. The molecule has 2 N–H and O–H groups in total. The average Bonchev–Trinajstić information content (AvgIpc) is 2.54. The Morgan fingerprint density at radius 1 is 1.20 bits per heavy atom. The lowest BCUT2D eigenvalue weighted by Gasteiger charge is -2.23.